The van der Waals surface area contributed by atoms with Crippen LogP contribution in [0.25, 0.3) is 0 Å². The Bertz CT molecular complexity index is 681. The molecule has 0 spiro atoms. The summed E-state index contributed by atoms with van der Waals surface area (Å²) in [6, 6.07) is 0. The van der Waals surface area contributed by atoms with Crippen molar-refractivity contribution in [3.63, 3.8) is 0 Å². The van der Waals surface area contributed by atoms with E-state index in [1.807, 2.05) is 0 Å². The van der Waals surface area contributed by atoms with E-state index in [4.69, 9.17) is 91.5 Å². The van der Waals surface area contributed by atoms with Gasteiger partial charge in [-0.2, -0.15) is 0 Å². The first-order valence-electron chi connectivity index (χ1n) is 5.07. The van der Waals surface area contributed by atoms with Crippen LogP contribution in [0.4, 0.5) is 0 Å². The molecule has 118 valence electrons. The number of amides is 2. The maximum atomic E-state index is 12.2. The third-order valence-corrected chi connectivity index (χ3v) is 4.82. The van der Waals surface area contributed by atoms with Gasteiger partial charge in [-0.25, -0.2) is 0 Å². The molecule has 1 aliphatic heterocycles. The molecule has 0 aromatic heterocycles. The Morgan fingerprint density at radius 3 is 1.55 bits per heavy atom. The van der Waals surface area contributed by atoms with Gasteiger partial charge >= 0.3 is 0 Å². The lowest BCUT2D eigenvalue weighted by molar-refractivity contribution is -0.0241. The second-order valence-electron chi connectivity index (χ2n) is 3.83. The summed E-state index contributed by atoms with van der Waals surface area (Å²) >= 11 is 39.7. The molecule has 2 amide bonds. The molecule has 0 saturated heterocycles. The molecule has 2 rings (SSSR count). The lowest BCUT2D eigenvalue weighted by atomic mass is 10.1. The number of carbonyl (C=O) groups is 2. The van der Waals surface area contributed by atoms with Gasteiger partial charge in [-0.05, 0) is 0 Å². The predicted octanol–water partition coefficient (Wildman–Crippen LogP) is 5.18. The van der Waals surface area contributed by atoms with Crippen LogP contribution < -0.4 is 0 Å². The van der Waals surface area contributed by atoms with Gasteiger partial charge in [-0.15, -0.1) is 0 Å². The minimum atomic E-state index is -2.28. The van der Waals surface area contributed by atoms with Crippen molar-refractivity contribution >= 4 is 98.9 Å². The summed E-state index contributed by atoms with van der Waals surface area (Å²) in [6.07, 6.45) is 0. The molecule has 1 aliphatic rings. The quantitative estimate of drug-likeness (QED) is 0.162. The largest absolute Gasteiger partial charge is 0.349 e. The number of imide groups is 1. The van der Waals surface area contributed by atoms with E-state index in [1.165, 1.54) is 0 Å². The number of rotatable bonds is 1. The average molecular weight is 445 g/mol. The van der Waals surface area contributed by atoms with Crippen LogP contribution in [-0.2, 0) is 4.84 Å². The molecule has 0 radical (unpaired) electrons. The molecule has 1 aromatic carbocycles. The molecular weight excluding hydrogens is 444 g/mol. The van der Waals surface area contributed by atoms with Crippen LogP contribution in [-0.4, -0.2) is 26.6 Å². The lowest BCUT2D eigenvalue weighted by Gasteiger charge is -2.18. The minimum absolute atomic E-state index is 0.180. The van der Waals surface area contributed by atoms with E-state index in [1.54, 1.807) is 0 Å². The van der Waals surface area contributed by atoms with Gasteiger partial charge in [0.2, 0.25) is 0 Å². The molecule has 5 nitrogen and oxygen atoms in total. The highest BCUT2D eigenvalue weighted by Crippen LogP contribution is 2.45. The molecule has 0 bridgehead atoms. The second-order valence-corrected chi connectivity index (χ2v) is 7.62. The molecule has 22 heavy (non-hydrogen) atoms. The Morgan fingerprint density at radius 2 is 1.23 bits per heavy atom. The maximum Gasteiger partial charge on any atom is 0.297 e. The second kappa shape index (κ2) is 6.06. The van der Waals surface area contributed by atoms with Crippen molar-refractivity contribution in [1.29, 1.82) is 5.41 Å². The zero-order valence-corrected chi connectivity index (χ0v) is 15.1. The first-order valence-corrected chi connectivity index (χ1v) is 7.71. The fourth-order valence-corrected chi connectivity index (χ4v) is 2.67. The first-order chi connectivity index (χ1) is 9.98. The minimum Gasteiger partial charge on any atom is -0.349 e. The molecule has 0 saturated carbocycles. The number of alkyl halides is 3. The highest BCUT2D eigenvalue weighted by molar-refractivity contribution is 6.76. The van der Waals surface area contributed by atoms with Gasteiger partial charge in [0.1, 0.15) is 0 Å². The number of benzene rings is 1. The summed E-state index contributed by atoms with van der Waals surface area (Å²) in [4.78, 5) is 29.1. The van der Waals surface area contributed by atoms with Crippen molar-refractivity contribution in [2.45, 2.75) is 3.79 Å². The third-order valence-electron chi connectivity index (χ3n) is 2.50. The predicted molar refractivity (Wildman–Crippen MR) is 86.1 cm³/mol. The van der Waals surface area contributed by atoms with Crippen LogP contribution in [0.5, 0.6) is 0 Å². The highest BCUT2D eigenvalue weighted by atomic mass is 35.6. The number of fused-ring (bicyclic) bond motifs is 1. The number of hydroxylamine groups is 2. The zero-order valence-electron chi connectivity index (χ0n) is 9.82. The van der Waals surface area contributed by atoms with E-state index in [0.29, 0.717) is 0 Å². The maximum absolute atomic E-state index is 12.2. The number of carbonyl (C=O) groups excluding carboxylic acids is 2. The van der Waals surface area contributed by atoms with E-state index in [0.717, 1.165) is 0 Å². The van der Waals surface area contributed by atoms with E-state index >= 15 is 0 Å². The normalized spacial score (nSPS) is 14.4. The van der Waals surface area contributed by atoms with Gasteiger partial charge in [0.15, 0.2) is 0 Å². The highest BCUT2D eigenvalue weighted by Gasteiger charge is 2.45. The standard InChI is InChI=1S/C10HCl7N2O3/c11-3-1-2(4(12)6(14)5(3)13)8(21)19(7(1)20)22-9(18)10(15,16)17/h18H. The van der Waals surface area contributed by atoms with Crippen molar-refractivity contribution in [3.8, 4) is 0 Å². The third kappa shape index (κ3) is 2.84. The summed E-state index contributed by atoms with van der Waals surface area (Å²) in [5.74, 6) is -3.02. The van der Waals surface area contributed by atoms with Crippen molar-refractivity contribution in [1.82, 2.24) is 5.06 Å². The van der Waals surface area contributed by atoms with Crippen LogP contribution in [0, 0.1) is 5.41 Å². The fourth-order valence-electron chi connectivity index (χ4n) is 1.55. The number of nitrogens with zero attached hydrogens (tertiary/aromatic N) is 1. The van der Waals surface area contributed by atoms with Crippen LogP contribution in [0.1, 0.15) is 20.7 Å². The Morgan fingerprint density at radius 1 is 0.864 bits per heavy atom. The Balaban J connectivity index is 2.53. The molecule has 0 atom stereocenters. The molecule has 0 unspecified atom stereocenters. The summed E-state index contributed by atoms with van der Waals surface area (Å²) in [6.45, 7) is 0. The molecule has 1 N–H and O–H groups in total. The van der Waals surface area contributed by atoms with Crippen molar-refractivity contribution in [2.75, 3.05) is 0 Å². The SMILES string of the molecule is N=C(ON1C(=O)c2c(Cl)c(Cl)c(Cl)c(Cl)c2C1=O)C(Cl)(Cl)Cl. The summed E-state index contributed by atoms with van der Waals surface area (Å²) in [5.41, 5.74) is -0.633. The summed E-state index contributed by atoms with van der Waals surface area (Å²) in [7, 11) is 0. The van der Waals surface area contributed by atoms with E-state index in [-0.39, 0.29) is 36.3 Å². The monoisotopic (exact) mass is 442 g/mol. The van der Waals surface area contributed by atoms with Crippen LogP contribution >= 0.6 is 81.2 Å². The molecular formula is C10HCl7N2O3. The number of nitrogens with one attached hydrogen (secondary N) is 1. The van der Waals surface area contributed by atoms with Gasteiger partial charge < -0.3 is 4.84 Å². The van der Waals surface area contributed by atoms with Crippen molar-refractivity contribution in [2.24, 2.45) is 0 Å². The number of hydrogen-bond donors (Lipinski definition) is 1. The van der Waals surface area contributed by atoms with Gasteiger partial charge in [0.25, 0.3) is 21.5 Å². The van der Waals surface area contributed by atoms with Gasteiger partial charge in [-0.3, -0.25) is 15.0 Å². The number of hydrogen-bond acceptors (Lipinski definition) is 4. The Hall–Kier alpha value is -0.140. The molecule has 0 fully saturated rings. The van der Waals surface area contributed by atoms with Crippen LogP contribution in [0.2, 0.25) is 20.1 Å². The topological polar surface area (TPSA) is 70.5 Å². The Labute approximate surface area is 158 Å². The smallest absolute Gasteiger partial charge is 0.297 e. The van der Waals surface area contributed by atoms with Crippen molar-refractivity contribution < 1.29 is 14.4 Å². The molecule has 12 heteroatoms. The van der Waals surface area contributed by atoms with Gasteiger partial charge in [0.05, 0.1) is 31.2 Å². The van der Waals surface area contributed by atoms with Crippen LogP contribution in [0.3, 0.4) is 0 Å². The Kier molecular flexibility index (Phi) is 5.01. The lowest BCUT2D eigenvalue weighted by Crippen LogP contribution is -2.36. The van der Waals surface area contributed by atoms with E-state index < -0.39 is 21.5 Å². The summed E-state index contributed by atoms with van der Waals surface area (Å²) < 4.78 is -2.28. The van der Waals surface area contributed by atoms with Crippen molar-refractivity contribution in [3.05, 3.63) is 31.2 Å². The fraction of sp³-hybridized carbons (Fsp3) is 0.100. The molecule has 0 aliphatic carbocycles. The zero-order chi connectivity index (χ0) is 17.0. The van der Waals surface area contributed by atoms with Crippen LogP contribution in [0.15, 0.2) is 0 Å². The number of halogens is 7. The molecule has 1 heterocycles. The average Bonchev–Trinajstić information content (AvgIpc) is 2.66. The molecule has 1 aromatic rings. The van der Waals surface area contributed by atoms with Gasteiger partial charge in [-0.1, -0.05) is 86.3 Å². The first kappa shape index (κ1) is 18.2. The van der Waals surface area contributed by atoms with E-state index in [2.05, 4.69) is 0 Å². The summed E-state index contributed by atoms with van der Waals surface area (Å²) in [5, 5.41) is 6.61. The van der Waals surface area contributed by atoms with Gasteiger partial charge in [0, 0.05) is 0 Å². The van der Waals surface area contributed by atoms with E-state index in [9.17, 15) is 9.59 Å².